The smallest absolute Gasteiger partial charge is 0.333 e. The van der Waals surface area contributed by atoms with Crippen LogP contribution >= 0.6 is 0 Å². The second-order valence-electron chi connectivity index (χ2n) is 3.98. The zero-order valence-corrected chi connectivity index (χ0v) is 10.5. The highest BCUT2D eigenvalue weighted by Crippen LogP contribution is 2.28. The highest BCUT2D eigenvalue weighted by Gasteiger charge is 2.25. The first kappa shape index (κ1) is 14.4. The molecule has 0 saturated carbocycles. The van der Waals surface area contributed by atoms with Crippen LogP contribution in [0.1, 0.15) is 19.0 Å². The Hall–Kier alpha value is -1.67. The van der Waals surface area contributed by atoms with Gasteiger partial charge in [-0.05, 0) is 13.3 Å². The lowest BCUT2D eigenvalue weighted by atomic mass is 10.3. The van der Waals surface area contributed by atoms with Crippen LogP contribution in [-0.4, -0.2) is 44.2 Å². The van der Waals surface area contributed by atoms with Crippen LogP contribution in [0.2, 0.25) is 0 Å². The summed E-state index contributed by atoms with van der Waals surface area (Å²) in [6.07, 6.45) is -0.176. The fraction of sp³-hybridized carbons (Fsp3) is 0.700. The second kappa shape index (κ2) is 6.31. The Labute approximate surface area is 104 Å². The van der Waals surface area contributed by atoms with E-state index >= 15 is 0 Å². The summed E-state index contributed by atoms with van der Waals surface area (Å²) in [5.74, 6) is 0.270. The molecule has 8 nitrogen and oxygen atoms in total. The average Bonchev–Trinajstić information content (AvgIpc) is 2.62. The van der Waals surface area contributed by atoms with Crippen molar-refractivity contribution in [2.24, 2.45) is 0 Å². The number of aliphatic hydroxyl groups is 2. The van der Waals surface area contributed by atoms with Crippen molar-refractivity contribution in [1.82, 2.24) is 9.78 Å². The van der Waals surface area contributed by atoms with E-state index in [2.05, 4.69) is 10.4 Å². The lowest BCUT2D eigenvalue weighted by molar-refractivity contribution is -0.384. The maximum Gasteiger partial charge on any atom is 0.333 e. The molecule has 3 N–H and O–H groups in total. The van der Waals surface area contributed by atoms with Gasteiger partial charge in [-0.2, -0.15) is 5.10 Å². The molecule has 0 spiro atoms. The van der Waals surface area contributed by atoms with E-state index in [4.69, 9.17) is 5.11 Å². The van der Waals surface area contributed by atoms with Crippen molar-refractivity contribution in [3.63, 3.8) is 0 Å². The third kappa shape index (κ3) is 3.17. The molecular formula is C10H18N4O4. The van der Waals surface area contributed by atoms with Gasteiger partial charge >= 0.3 is 5.69 Å². The van der Waals surface area contributed by atoms with Gasteiger partial charge in [0.05, 0.1) is 17.6 Å². The van der Waals surface area contributed by atoms with Crippen LogP contribution in [0.4, 0.5) is 11.5 Å². The number of hydrogen-bond acceptors (Lipinski definition) is 6. The summed E-state index contributed by atoms with van der Waals surface area (Å²) < 4.78 is 1.51. The number of nitrogens with zero attached hydrogens (tertiary/aromatic N) is 3. The number of rotatable bonds is 7. The molecule has 1 rings (SSSR count). The predicted octanol–water partition coefficient (Wildman–Crippen LogP) is 0.275. The molecule has 1 heterocycles. The maximum atomic E-state index is 11.0. The van der Waals surface area contributed by atoms with Gasteiger partial charge in [-0.3, -0.25) is 10.1 Å². The highest BCUT2D eigenvalue weighted by molar-refractivity contribution is 5.59. The lowest BCUT2D eigenvalue weighted by Crippen LogP contribution is -2.24. The quantitative estimate of drug-likeness (QED) is 0.478. The van der Waals surface area contributed by atoms with E-state index in [1.54, 1.807) is 6.92 Å². The number of anilines is 1. The molecule has 1 aromatic rings. The predicted molar refractivity (Wildman–Crippen MR) is 65.5 cm³/mol. The molecule has 1 unspecified atom stereocenters. The van der Waals surface area contributed by atoms with Gasteiger partial charge in [0.25, 0.3) is 0 Å². The Morgan fingerprint density at radius 3 is 2.78 bits per heavy atom. The van der Waals surface area contributed by atoms with Crippen molar-refractivity contribution in [2.45, 2.75) is 32.9 Å². The summed E-state index contributed by atoms with van der Waals surface area (Å²) in [7, 11) is 0. The van der Waals surface area contributed by atoms with Gasteiger partial charge in [0, 0.05) is 13.1 Å². The maximum absolute atomic E-state index is 11.0. The van der Waals surface area contributed by atoms with E-state index in [0.717, 1.165) is 6.42 Å². The van der Waals surface area contributed by atoms with E-state index in [0.29, 0.717) is 12.2 Å². The minimum atomic E-state index is -0.963. The van der Waals surface area contributed by atoms with Gasteiger partial charge in [0.15, 0.2) is 0 Å². The van der Waals surface area contributed by atoms with Crippen LogP contribution in [0, 0.1) is 17.0 Å². The third-order valence-electron chi connectivity index (χ3n) is 2.43. The number of aliphatic hydroxyl groups excluding tert-OH is 2. The summed E-state index contributed by atoms with van der Waals surface area (Å²) >= 11 is 0. The first-order chi connectivity index (χ1) is 8.51. The summed E-state index contributed by atoms with van der Waals surface area (Å²) in [5.41, 5.74) is 0.239. The minimum Gasteiger partial charge on any atom is -0.394 e. The molecule has 0 radical (unpaired) electrons. The molecule has 8 heteroatoms. The molecule has 0 bridgehead atoms. The van der Waals surface area contributed by atoms with Crippen molar-refractivity contribution in [3.05, 3.63) is 15.8 Å². The first-order valence-corrected chi connectivity index (χ1v) is 5.75. The molecule has 0 aliphatic heterocycles. The average molecular weight is 258 g/mol. The number of nitro groups is 1. The molecule has 102 valence electrons. The standard InChI is InChI=1S/C10H18N4O4/c1-3-4-13-10(11-5-8(16)6-15)9(14(17)18)7(2)12-13/h8,11,15-16H,3-6H2,1-2H3. The summed E-state index contributed by atoms with van der Waals surface area (Å²) in [4.78, 5) is 10.5. The zero-order chi connectivity index (χ0) is 13.7. The van der Waals surface area contributed by atoms with E-state index in [9.17, 15) is 15.2 Å². The van der Waals surface area contributed by atoms with Gasteiger partial charge in [-0.15, -0.1) is 0 Å². The van der Waals surface area contributed by atoms with Crippen LogP contribution < -0.4 is 5.32 Å². The zero-order valence-electron chi connectivity index (χ0n) is 10.5. The van der Waals surface area contributed by atoms with Crippen LogP contribution in [0.25, 0.3) is 0 Å². The molecule has 1 aromatic heterocycles. The highest BCUT2D eigenvalue weighted by atomic mass is 16.6. The van der Waals surface area contributed by atoms with Crippen LogP contribution in [-0.2, 0) is 6.54 Å². The van der Waals surface area contributed by atoms with Crippen molar-refractivity contribution in [1.29, 1.82) is 0 Å². The molecule has 1 atom stereocenters. The van der Waals surface area contributed by atoms with Gasteiger partial charge in [-0.25, -0.2) is 4.68 Å². The first-order valence-electron chi connectivity index (χ1n) is 5.75. The normalized spacial score (nSPS) is 12.4. The van der Waals surface area contributed by atoms with Crippen molar-refractivity contribution >= 4 is 11.5 Å². The number of hydrogen-bond donors (Lipinski definition) is 3. The molecule has 0 aliphatic carbocycles. The summed E-state index contributed by atoms with van der Waals surface area (Å²) in [6, 6.07) is 0. The van der Waals surface area contributed by atoms with Crippen molar-refractivity contribution in [2.75, 3.05) is 18.5 Å². The Morgan fingerprint density at radius 2 is 2.28 bits per heavy atom. The van der Waals surface area contributed by atoms with Crippen LogP contribution in [0.15, 0.2) is 0 Å². The number of nitrogens with one attached hydrogen (secondary N) is 1. The summed E-state index contributed by atoms with van der Waals surface area (Å²) in [5, 5.41) is 35.8. The fourth-order valence-electron chi connectivity index (χ4n) is 1.62. The van der Waals surface area contributed by atoms with Crippen LogP contribution in [0.3, 0.4) is 0 Å². The lowest BCUT2D eigenvalue weighted by Gasteiger charge is -2.11. The SMILES string of the molecule is CCCn1nc(C)c([N+](=O)[O-])c1NCC(O)CO. The Morgan fingerprint density at radius 1 is 1.61 bits per heavy atom. The Kier molecular flexibility index (Phi) is 5.05. The van der Waals surface area contributed by atoms with Gasteiger partial charge in [0.1, 0.15) is 5.69 Å². The van der Waals surface area contributed by atoms with Crippen LogP contribution in [0.5, 0.6) is 0 Å². The van der Waals surface area contributed by atoms with Gasteiger partial charge in [-0.1, -0.05) is 6.92 Å². The summed E-state index contributed by atoms with van der Waals surface area (Å²) in [6.45, 7) is 3.69. The largest absolute Gasteiger partial charge is 0.394 e. The molecule has 0 fully saturated rings. The number of aromatic nitrogens is 2. The van der Waals surface area contributed by atoms with E-state index in [1.165, 1.54) is 4.68 Å². The van der Waals surface area contributed by atoms with Gasteiger partial charge in [0.2, 0.25) is 5.82 Å². The van der Waals surface area contributed by atoms with E-state index in [-0.39, 0.29) is 18.1 Å². The molecule has 0 saturated heterocycles. The molecular weight excluding hydrogens is 240 g/mol. The Bertz CT molecular complexity index is 418. The third-order valence-corrected chi connectivity index (χ3v) is 2.43. The van der Waals surface area contributed by atoms with Gasteiger partial charge < -0.3 is 15.5 Å². The molecule has 0 aromatic carbocycles. The molecule has 0 aliphatic rings. The second-order valence-corrected chi connectivity index (χ2v) is 3.98. The van der Waals surface area contributed by atoms with Crippen molar-refractivity contribution < 1.29 is 15.1 Å². The van der Waals surface area contributed by atoms with Crippen molar-refractivity contribution in [3.8, 4) is 0 Å². The Balaban J connectivity index is 3.00. The number of aryl methyl sites for hydroxylation is 2. The fourth-order valence-corrected chi connectivity index (χ4v) is 1.62. The monoisotopic (exact) mass is 258 g/mol. The molecule has 0 amide bonds. The molecule has 18 heavy (non-hydrogen) atoms. The van der Waals surface area contributed by atoms with E-state index in [1.807, 2.05) is 6.92 Å². The van der Waals surface area contributed by atoms with E-state index < -0.39 is 17.6 Å². The topological polar surface area (TPSA) is 113 Å². The minimum absolute atomic E-state index is 0.0339.